The summed E-state index contributed by atoms with van der Waals surface area (Å²) in [5.41, 5.74) is 0.129. The number of aromatic nitrogens is 2. The van der Waals surface area contributed by atoms with Gasteiger partial charge in [-0.25, -0.2) is 8.78 Å². The van der Waals surface area contributed by atoms with E-state index in [-0.39, 0.29) is 28.3 Å². The number of ether oxygens (including phenoxy) is 1. The second kappa shape index (κ2) is 9.52. The SMILES string of the molecule is O=C(NC12CC(C1)C2)c1cc(F)c(F)c(-c2ccc(NC3C[C@@H]4CN(CC5CCOCC5)C[C@@H]4C3)nn2)c1. The lowest BCUT2D eigenvalue weighted by atomic mass is 9.50. The monoisotopic (exact) mass is 523 g/mol. The van der Waals surface area contributed by atoms with Crippen LogP contribution >= 0.6 is 0 Å². The van der Waals surface area contributed by atoms with Gasteiger partial charge in [0.2, 0.25) is 0 Å². The average Bonchev–Trinajstić information content (AvgIpc) is 3.41. The van der Waals surface area contributed by atoms with Gasteiger partial charge >= 0.3 is 0 Å². The summed E-state index contributed by atoms with van der Waals surface area (Å²) in [7, 11) is 0. The molecule has 4 saturated carbocycles. The van der Waals surface area contributed by atoms with Gasteiger partial charge in [-0.3, -0.25) is 4.79 Å². The van der Waals surface area contributed by atoms with Crippen LogP contribution in [0.1, 0.15) is 55.3 Å². The van der Waals surface area contributed by atoms with Gasteiger partial charge in [-0.1, -0.05) is 0 Å². The summed E-state index contributed by atoms with van der Waals surface area (Å²) < 4.78 is 34.6. The fraction of sp³-hybridized carbons (Fsp3) is 0.621. The Morgan fingerprint density at radius 2 is 1.79 bits per heavy atom. The molecule has 3 heterocycles. The molecule has 6 aliphatic rings. The first-order chi connectivity index (χ1) is 18.4. The Hall–Kier alpha value is -2.65. The van der Waals surface area contributed by atoms with Gasteiger partial charge in [0.1, 0.15) is 5.82 Å². The topological polar surface area (TPSA) is 79.4 Å². The summed E-state index contributed by atoms with van der Waals surface area (Å²) in [6, 6.07) is 6.08. The Balaban J connectivity index is 0.965. The average molecular weight is 524 g/mol. The van der Waals surface area contributed by atoms with Crippen LogP contribution in [0.25, 0.3) is 11.3 Å². The summed E-state index contributed by atoms with van der Waals surface area (Å²) in [6.07, 6.45) is 7.51. The van der Waals surface area contributed by atoms with Gasteiger partial charge in [-0.15, -0.1) is 10.2 Å². The third-order valence-electron chi connectivity index (χ3n) is 9.68. The summed E-state index contributed by atoms with van der Waals surface area (Å²) in [5, 5.41) is 15.0. The molecule has 38 heavy (non-hydrogen) atoms. The third kappa shape index (κ3) is 4.57. The second-order valence-electron chi connectivity index (χ2n) is 12.4. The molecular weight excluding hydrogens is 488 g/mol. The number of anilines is 1. The van der Waals surface area contributed by atoms with Crippen LogP contribution in [0.4, 0.5) is 14.6 Å². The van der Waals surface area contributed by atoms with Gasteiger partial charge < -0.3 is 20.3 Å². The standard InChI is InChI=1S/C29H35F2N5O2/c30-24-10-19(28(37)33-29-11-18(12-29)13-29)9-23(27(24)31)25-1-2-26(35-34-25)32-22-7-20-15-36(16-21(20)8-22)14-17-3-5-38-6-4-17/h1-2,9-10,17-18,20-22H,3-8,11-16H2,(H,32,35)(H,33,37)/t18?,20-,21+,22?,29?. The lowest BCUT2D eigenvalue weighted by Crippen LogP contribution is -2.68. The first-order valence-corrected chi connectivity index (χ1v) is 14.2. The molecule has 202 valence electrons. The lowest BCUT2D eigenvalue weighted by Gasteiger charge is -2.61. The highest BCUT2D eigenvalue weighted by molar-refractivity contribution is 5.96. The molecule has 2 saturated heterocycles. The highest BCUT2D eigenvalue weighted by atomic mass is 19.2. The van der Waals surface area contributed by atoms with Crippen molar-refractivity contribution in [1.29, 1.82) is 0 Å². The summed E-state index contributed by atoms with van der Waals surface area (Å²) in [4.78, 5) is 15.4. The molecule has 2 bridgehead atoms. The van der Waals surface area contributed by atoms with E-state index >= 15 is 0 Å². The summed E-state index contributed by atoms with van der Waals surface area (Å²) >= 11 is 0. The molecule has 1 amide bonds. The van der Waals surface area contributed by atoms with E-state index in [4.69, 9.17) is 4.74 Å². The number of hydrogen-bond donors (Lipinski definition) is 2. The first kappa shape index (κ1) is 24.4. The van der Waals surface area contributed by atoms with Gasteiger partial charge in [-0.2, -0.15) is 0 Å². The number of halogens is 2. The molecule has 9 heteroatoms. The second-order valence-corrected chi connectivity index (χ2v) is 12.4. The smallest absolute Gasteiger partial charge is 0.251 e. The normalized spacial score (nSPS) is 32.4. The minimum atomic E-state index is -1.06. The van der Waals surface area contributed by atoms with Crippen LogP contribution in [0.2, 0.25) is 0 Å². The van der Waals surface area contributed by atoms with E-state index in [2.05, 4.69) is 25.7 Å². The lowest BCUT2D eigenvalue weighted by molar-refractivity contribution is -0.0438. The maximum Gasteiger partial charge on any atom is 0.251 e. The zero-order chi connectivity index (χ0) is 25.9. The predicted molar refractivity (Wildman–Crippen MR) is 139 cm³/mol. The van der Waals surface area contributed by atoms with Gasteiger partial charge in [-0.05, 0) is 92.9 Å². The van der Waals surface area contributed by atoms with Crippen molar-refractivity contribution in [3.63, 3.8) is 0 Å². The zero-order valence-corrected chi connectivity index (χ0v) is 21.6. The number of rotatable bonds is 7. The highest BCUT2D eigenvalue weighted by Crippen LogP contribution is 2.57. The zero-order valence-electron chi connectivity index (χ0n) is 21.6. The number of carbonyl (C=O) groups is 1. The Kier molecular flexibility index (Phi) is 6.11. The molecule has 1 aromatic carbocycles. The van der Waals surface area contributed by atoms with Crippen molar-refractivity contribution < 1.29 is 18.3 Å². The van der Waals surface area contributed by atoms with Gasteiger partial charge in [0.25, 0.3) is 5.91 Å². The van der Waals surface area contributed by atoms with Crippen LogP contribution in [0.5, 0.6) is 0 Å². The predicted octanol–water partition coefficient (Wildman–Crippen LogP) is 4.25. The van der Waals surface area contributed by atoms with E-state index in [0.29, 0.717) is 29.6 Å². The van der Waals surface area contributed by atoms with E-state index in [1.165, 1.54) is 38.5 Å². The minimum absolute atomic E-state index is 0.0492. The van der Waals surface area contributed by atoms with Crippen LogP contribution in [0.15, 0.2) is 24.3 Å². The molecule has 8 rings (SSSR count). The van der Waals surface area contributed by atoms with Crippen molar-refractivity contribution in [2.45, 2.75) is 56.5 Å². The van der Waals surface area contributed by atoms with Gasteiger partial charge in [0.15, 0.2) is 11.6 Å². The maximum atomic E-state index is 14.7. The van der Waals surface area contributed by atoms with Gasteiger partial charge in [0, 0.05) is 55.6 Å². The van der Waals surface area contributed by atoms with Crippen molar-refractivity contribution in [2.75, 3.05) is 38.2 Å². The number of hydrogen-bond acceptors (Lipinski definition) is 6. The molecule has 2 aromatic rings. The Bertz CT molecular complexity index is 1190. The molecule has 7 nitrogen and oxygen atoms in total. The molecule has 0 spiro atoms. The molecule has 1 aromatic heterocycles. The number of likely N-dealkylation sites (tertiary alicyclic amines) is 1. The fourth-order valence-corrected chi connectivity index (χ4v) is 7.57. The number of benzene rings is 1. The van der Waals surface area contributed by atoms with Crippen LogP contribution in [0, 0.1) is 35.3 Å². The van der Waals surface area contributed by atoms with Crippen molar-refractivity contribution >= 4 is 11.7 Å². The highest BCUT2D eigenvalue weighted by Gasteiger charge is 2.57. The van der Waals surface area contributed by atoms with E-state index in [1.54, 1.807) is 12.1 Å². The maximum absolute atomic E-state index is 14.7. The number of carbonyl (C=O) groups excluding carboxylic acids is 1. The molecule has 2 aliphatic heterocycles. The molecule has 2 N–H and O–H groups in total. The number of fused-ring (bicyclic) bond motifs is 1. The fourth-order valence-electron chi connectivity index (χ4n) is 7.57. The molecule has 0 radical (unpaired) electrons. The minimum Gasteiger partial charge on any atom is -0.381 e. The van der Waals surface area contributed by atoms with E-state index in [1.807, 2.05) is 0 Å². The van der Waals surface area contributed by atoms with E-state index in [9.17, 15) is 13.6 Å². The van der Waals surface area contributed by atoms with Crippen LogP contribution in [0.3, 0.4) is 0 Å². The quantitative estimate of drug-likeness (QED) is 0.565. The Morgan fingerprint density at radius 3 is 2.42 bits per heavy atom. The molecule has 4 aliphatic carbocycles. The molecule has 3 atom stereocenters. The van der Waals surface area contributed by atoms with Gasteiger partial charge in [0.05, 0.1) is 5.69 Å². The number of nitrogens with zero attached hydrogens (tertiary/aromatic N) is 3. The van der Waals surface area contributed by atoms with E-state index in [0.717, 1.165) is 57.3 Å². The van der Waals surface area contributed by atoms with Crippen molar-refractivity contribution in [3.05, 3.63) is 41.5 Å². The largest absolute Gasteiger partial charge is 0.381 e. The summed E-state index contributed by atoms with van der Waals surface area (Å²) in [6.45, 7) is 5.34. The molecule has 6 fully saturated rings. The number of nitrogens with one attached hydrogen (secondary N) is 2. The first-order valence-electron chi connectivity index (χ1n) is 14.2. The molecule has 1 unspecified atom stereocenters. The van der Waals surface area contributed by atoms with Crippen LogP contribution in [-0.4, -0.2) is 65.4 Å². The third-order valence-corrected chi connectivity index (χ3v) is 9.68. The van der Waals surface area contributed by atoms with E-state index < -0.39 is 11.6 Å². The van der Waals surface area contributed by atoms with Crippen LogP contribution in [-0.2, 0) is 4.74 Å². The van der Waals surface area contributed by atoms with Crippen molar-refractivity contribution in [1.82, 2.24) is 20.4 Å². The number of amides is 1. The Labute approximate surface area is 221 Å². The summed E-state index contributed by atoms with van der Waals surface area (Å²) in [5.74, 6) is 1.08. The Morgan fingerprint density at radius 1 is 1.05 bits per heavy atom. The van der Waals surface area contributed by atoms with Crippen molar-refractivity contribution in [3.8, 4) is 11.3 Å². The van der Waals surface area contributed by atoms with Crippen molar-refractivity contribution in [2.24, 2.45) is 23.7 Å². The van der Waals surface area contributed by atoms with Crippen LogP contribution < -0.4 is 10.6 Å². The molecular formula is C29H35F2N5O2.